The van der Waals surface area contributed by atoms with Crippen LogP contribution in [0.5, 0.6) is 5.75 Å². The fourth-order valence-electron chi connectivity index (χ4n) is 4.95. The van der Waals surface area contributed by atoms with Crippen LogP contribution in [0.3, 0.4) is 0 Å². The molecule has 0 spiro atoms. The Labute approximate surface area is 213 Å². The zero-order valence-electron chi connectivity index (χ0n) is 20.6. The molecule has 10 heteroatoms. The molecule has 1 saturated heterocycles. The van der Waals surface area contributed by atoms with Crippen molar-refractivity contribution in [1.29, 1.82) is 0 Å². The smallest absolute Gasteiger partial charge is 0.280 e. The van der Waals surface area contributed by atoms with E-state index in [0.29, 0.717) is 35.8 Å². The van der Waals surface area contributed by atoms with Gasteiger partial charge in [-0.15, -0.1) is 0 Å². The van der Waals surface area contributed by atoms with Gasteiger partial charge in [0.2, 0.25) is 5.96 Å². The van der Waals surface area contributed by atoms with Gasteiger partial charge in [0.05, 0.1) is 38.0 Å². The molecule has 0 radical (unpaired) electrons. The topological polar surface area (TPSA) is 103 Å². The van der Waals surface area contributed by atoms with Crippen molar-refractivity contribution >= 4 is 17.9 Å². The van der Waals surface area contributed by atoms with E-state index in [1.807, 2.05) is 40.8 Å². The fourth-order valence-corrected chi connectivity index (χ4v) is 4.95. The van der Waals surface area contributed by atoms with Gasteiger partial charge in [0, 0.05) is 19.3 Å². The Morgan fingerprint density at radius 2 is 1.97 bits per heavy atom. The highest BCUT2D eigenvalue weighted by Crippen LogP contribution is 2.41. The number of aryl methyl sites for hydroxylation is 1. The van der Waals surface area contributed by atoms with Gasteiger partial charge in [0.25, 0.3) is 5.91 Å². The van der Waals surface area contributed by atoms with E-state index in [1.165, 1.54) is 17.0 Å². The van der Waals surface area contributed by atoms with E-state index in [1.54, 1.807) is 31.6 Å². The molecular weight excluding hydrogens is 477 g/mol. The molecule has 1 unspecified atom stereocenters. The third-order valence-electron chi connectivity index (χ3n) is 6.86. The van der Waals surface area contributed by atoms with Crippen molar-refractivity contribution in [2.45, 2.75) is 18.9 Å². The molecule has 3 aromatic rings. The standard InChI is InChI=1S/C27H28FN5O4/c1-18-15-32(17-29-18)23-8-3-19(14-24(23)37-2)13-22-25(36)33-26(30-22)31(11-12-34)10-9-27(33,16-35)20-4-6-21(28)7-5-20/h3-8,13-15,17,34-35H,9-12,16H2,1-2H3/b22-13-. The summed E-state index contributed by atoms with van der Waals surface area (Å²) < 4.78 is 21.1. The maximum absolute atomic E-state index is 13.8. The number of carbonyl (C=O) groups is 1. The number of nitrogens with zero attached hydrogens (tertiary/aromatic N) is 5. The number of halogens is 1. The molecule has 37 heavy (non-hydrogen) atoms. The third-order valence-corrected chi connectivity index (χ3v) is 6.86. The van der Waals surface area contributed by atoms with Crippen LogP contribution in [0.1, 0.15) is 23.2 Å². The molecule has 1 aromatic heterocycles. The second-order valence-corrected chi connectivity index (χ2v) is 9.09. The lowest BCUT2D eigenvalue weighted by Crippen LogP contribution is -2.62. The van der Waals surface area contributed by atoms with Gasteiger partial charge in [-0.2, -0.15) is 0 Å². The van der Waals surface area contributed by atoms with E-state index >= 15 is 0 Å². The third kappa shape index (κ3) is 4.28. The average molecular weight is 506 g/mol. The Morgan fingerprint density at radius 1 is 1.19 bits per heavy atom. The van der Waals surface area contributed by atoms with E-state index in [2.05, 4.69) is 9.98 Å². The Bertz CT molecular complexity index is 1380. The Morgan fingerprint density at radius 3 is 2.62 bits per heavy atom. The number of benzene rings is 2. The van der Waals surface area contributed by atoms with Gasteiger partial charge < -0.3 is 24.4 Å². The summed E-state index contributed by atoms with van der Waals surface area (Å²) >= 11 is 0. The molecule has 0 bridgehead atoms. The van der Waals surface area contributed by atoms with Gasteiger partial charge in [-0.25, -0.2) is 14.4 Å². The summed E-state index contributed by atoms with van der Waals surface area (Å²) in [5, 5.41) is 20.2. The Kier molecular flexibility index (Phi) is 6.53. The Balaban J connectivity index is 1.56. The van der Waals surface area contributed by atoms with Gasteiger partial charge in [0.1, 0.15) is 22.8 Å². The van der Waals surface area contributed by atoms with Crippen LogP contribution in [0, 0.1) is 12.7 Å². The van der Waals surface area contributed by atoms with Crippen LogP contribution in [0.25, 0.3) is 11.8 Å². The minimum atomic E-state index is -1.11. The second kappa shape index (κ2) is 9.79. The van der Waals surface area contributed by atoms with Crippen molar-refractivity contribution in [3.63, 3.8) is 0 Å². The predicted molar refractivity (Wildman–Crippen MR) is 136 cm³/mol. The van der Waals surface area contributed by atoms with Crippen LogP contribution in [-0.4, -0.2) is 74.8 Å². The van der Waals surface area contributed by atoms with E-state index in [9.17, 15) is 19.4 Å². The molecule has 2 aromatic carbocycles. The summed E-state index contributed by atoms with van der Waals surface area (Å²) in [5.41, 5.74) is 2.08. The molecule has 0 saturated carbocycles. The summed E-state index contributed by atoms with van der Waals surface area (Å²) in [6, 6.07) is 11.3. The van der Waals surface area contributed by atoms with E-state index in [0.717, 1.165) is 11.4 Å². The van der Waals surface area contributed by atoms with Crippen molar-refractivity contribution in [3.8, 4) is 11.4 Å². The van der Waals surface area contributed by atoms with Crippen molar-refractivity contribution in [3.05, 3.63) is 83.3 Å². The molecule has 1 amide bonds. The number of rotatable bonds is 7. The molecule has 1 atom stereocenters. The van der Waals surface area contributed by atoms with Crippen molar-refractivity contribution < 1.29 is 24.1 Å². The molecule has 2 aliphatic heterocycles. The van der Waals surface area contributed by atoms with Gasteiger partial charge >= 0.3 is 0 Å². The van der Waals surface area contributed by atoms with E-state index in [4.69, 9.17) is 4.74 Å². The first kappa shape index (κ1) is 24.7. The first-order valence-corrected chi connectivity index (χ1v) is 12.0. The lowest BCUT2D eigenvalue weighted by molar-refractivity contribution is -0.131. The highest BCUT2D eigenvalue weighted by atomic mass is 19.1. The maximum atomic E-state index is 13.8. The van der Waals surface area contributed by atoms with Gasteiger partial charge in [-0.3, -0.25) is 9.69 Å². The highest BCUT2D eigenvalue weighted by Gasteiger charge is 2.51. The molecule has 192 valence electrons. The number of carbonyl (C=O) groups excluding carboxylic acids is 1. The number of methoxy groups -OCH3 is 1. The lowest BCUT2D eigenvalue weighted by atomic mass is 9.83. The first-order valence-electron chi connectivity index (χ1n) is 12.0. The second-order valence-electron chi connectivity index (χ2n) is 9.09. The van der Waals surface area contributed by atoms with Crippen LogP contribution < -0.4 is 4.74 Å². The SMILES string of the molecule is COc1cc(/C=C2\N=C3N(CCO)CCC(CO)(c4ccc(F)cc4)N3C2=O)ccc1-n1cnc(C)c1. The quantitative estimate of drug-likeness (QED) is 0.478. The van der Waals surface area contributed by atoms with E-state index < -0.39 is 11.4 Å². The molecule has 9 nitrogen and oxygen atoms in total. The summed E-state index contributed by atoms with van der Waals surface area (Å²) in [5.74, 6) is 0.164. The minimum absolute atomic E-state index is 0.116. The molecule has 2 N–H and O–H groups in total. The maximum Gasteiger partial charge on any atom is 0.280 e. The largest absolute Gasteiger partial charge is 0.495 e. The van der Waals surface area contributed by atoms with Gasteiger partial charge in [-0.1, -0.05) is 18.2 Å². The van der Waals surface area contributed by atoms with Gasteiger partial charge in [-0.05, 0) is 54.8 Å². The number of hydrogen-bond acceptors (Lipinski definition) is 7. The molecular formula is C27H28FN5O4. The molecule has 5 rings (SSSR count). The monoisotopic (exact) mass is 505 g/mol. The first-order chi connectivity index (χ1) is 17.9. The number of imidazole rings is 1. The van der Waals surface area contributed by atoms with Crippen LogP contribution >= 0.6 is 0 Å². The van der Waals surface area contributed by atoms with Crippen LogP contribution in [0.15, 0.2) is 65.7 Å². The predicted octanol–water partition coefficient (Wildman–Crippen LogP) is 2.45. The Hall–Kier alpha value is -4.02. The highest BCUT2D eigenvalue weighted by molar-refractivity contribution is 6.14. The number of ether oxygens (including phenoxy) is 1. The fraction of sp³-hybridized carbons (Fsp3) is 0.296. The summed E-state index contributed by atoms with van der Waals surface area (Å²) in [4.78, 5) is 26.0. The number of aliphatic imine (C=N–C) groups is 1. The van der Waals surface area contributed by atoms with Gasteiger partial charge in [0.15, 0.2) is 0 Å². The van der Waals surface area contributed by atoms with Crippen LogP contribution in [0.2, 0.25) is 0 Å². The van der Waals surface area contributed by atoms with E-state index in [-0.39, 0.29) is 31.4 Å². The van der Waals surface area contributed by atoms with Crippen molar-refractivity contribution in [2.75, 3.05) is 33.4 Å². The number of guanidine groups is 1. The molecule has 0 aliphatic carbocycles. The van der Waals surface area contributed by atoms with Crippen LogP contribution in [0.4, 0.5) is 4.39 Å². The number of aliphatic hydroxyl groups excluding tert-OH is 2. The number of hydrogen-bond donors (Lipinski definition) is 2. The number of β-amino-alcohol motifs (C(OH)–C–C–N with tert-alkyl or cyclic N) is 1. The zero-order valence-corrected chi connectivity index (χ0v) is 20.6. The summed E-state index contributed by atoms with van der Waals surface area (Å²) in [6.45, 7) is 2.17. The molecule has 1 fully saturated rings. The summed E-state index contributed by atoms with van der Waals surface area (Å²) in [7, 11) is 1.58. The van der Waals surface area contributed by atoms with Crippen molar-refractivity contribution in [1.82, 2.24) is 19.4 Å². The zero-order chi connectivity index (χ0) is 26.2. The molecule has 3 heterocycles. The average Bonchev–Trinajstić information content (AvgIpc) is 3.48. The molecule has 2 aliphatic rings. The number of amides is 1. The minimum Gasteiger partial charge on any atom is -0.495 e. The normalized spacial score (nSPS) is 20.4. The number of aliphatic hydroxyl groups is 2. The van der Waals surface area contributed by atoms with Crippen LogP contribution in [-0.2, 0) is 10.3 Å². The van der Waals surface area contributed by atoms with Crippen molar-refractivity contribution in [2.24, 2.45) is 4.99 Å². The number of aromatic nitrogens is 2. The lowest BCUT2D eigenvalue weighted by Gasteiger charge is -2.48. The summed E-state index contributed by atoms with van der Waals surface area (Å²) in [6.07, 6.45) is 5.65. The number of fused-ring (bicyclic) bond motifs is 1.